The Morgan fingerprint density at radius 2 is 1.85 bits per heavy atom. The number of methoxy groups -OCH3 is 1. The van der Waals surface area contributed by atoms with E-state index in [2.05, 4.69) is 42.5 Å². The second kappa shape index (κ2) is 9.59. The quantitative estimate of drug-likeness (QED) is 0.621. The normalized spacial score (nSPS) is 10.2. The number of amides is 2. The van der Waals surface area contributed by atoms with E-state index in [1.165, 1.54) is 7.11 Å². The predicted molar refractivity (Wildman–Crippen MR) is 107 cm³/mol. The third-order valence-electron chi connectivity index (χ3n) is 3.33. The monoisotopic (exact) mass is 484 g/mol. The van der Waals surface area contributed by atoms with Crippen LogP contribution in [0.4, 0.5) is 5.69 Å². The number of nitrogens with one attached hydrogen (secondary N) is 2. The molecule has 0 fully saturated rings. The lowest BCUT2D eigenvalue weighted by Gasteiger charge is -2.13. The third kappa shape index (κ3) is 5.22. The largest absolute Gasteiger partial charge is 0.492 e. The van der Waals surface area contributed by atoms with Crippen LogP contribution >= 0.6 is 31.9 Å². The van der Waals surface area contributed by atoms with Crippen LogP contribution in [-0.4, -0.2) is 32.1 Å². The SMILES string of the molecule is CCOc1cc(C(=O)NCC(=O)Nc2ccccc2Br)cc(Br)c1OC. The minimum absolute atomic E-state index is 0.159. The molecule has 2 amide bonds. The minimum Gasteiger partial charge on any atom is -0.492 e. The van der Waals surface area contributed by atoms with Crippen LogP contribution in [0.3, 0.4) is 0 Å². The van der Waals surface area contributed by atoms with E-state index in [1.54, 1.807) is 18.2 Å². The molecule has 0 aliphatic rings. The molecule has 2 rings (SSSR count). The summed E-state index contributed by atoms with van der Waals surface area (Å²) in [5, 5.41) is 5.31. The Balaban J connectivity index is 2.03. The molecule has 0 aromatic heterocycles. The fraction of sp³-hybridized carbons (Fsp3) is 0.222. The smallest absolute Gasteiger partial charge is 0.251 e. The highest BCUT2D eigenvalue weighted by Crippen LogP contribution is 2.36. The maximum absolute atomic E-state index is 12.4. The molecular formula is C18H18Br2N2O4. The lowest BCUT2D eigenvalue weighted by molar-refractivity contribution is -0.115. The van der Waals surface area contributed by atoms with Crippen molar-refractivity contribution in [2.75, 3.05) is 25.6 Å². The summed E-state index contributed by atoms with van der Waals surface area (Å²) in [4.78, 5) is 24.4. The van der Waals surface area contributed by atoms with Crippen molar-refractivity contribution in [1.29, 1.82) is 0 Å². The summed E-state index contributed by atoms with van der Waals surface area (Å²) < 4.78 is 12.1. The van der Waals surface area contributed by atoms with E-state index in [1.807, 2.05) is 25.1 Å². The Morgan fingerprint density at radius 3 is 2.50 bits per heavy atom. The van der Waals surface area contributed by atoms with Gasteiger partial charge in [-0.3, -0.25) is 9.59 Å². The minimum atomic E-state index is -0.392. The number of anilines is 1. The van der Waals surface area contributed by atoms with Gasteiger partial charge in [0.1, 0.15) is 0 Å². The van der Waals surface area contributed by atoms with E-state index in [4.69, 9.17) is 9.47 Å². The highest BCUT2D eigenvalue weighted by atomic mass is 79.9. The van der Waals surface area contributed by atoms with Gasteiger partial charge in [-0.05, 0) is 63.0 Å². The van der Waals surface area contributed by atoms with Gasteiger partial charge in [-0.15, -0.1) is 0 Å². The lowest BCUT2D eigenvalue weighted by Crippen LogP contribution is -2.33. The second-order valence-electron chi connectivity index (χ2n) is 5.13. The molecule has 0 aliphatic carbocycles. The van der Waals surface area contributed by atoms with Crippen molar-refractivity contribution in [3.63, 3.8) is 0 Å². The zero-order valence-corrected chi connectivity index (χ0v) is 17.4. The van der Waals surface area contributed by atoms with Crippen LogP contribution in [0.2, 0.25) is 0 Å². The summed E-state index contributed by atoms with van der Waals surface area (Å²) in [5.74, 6) is 0.238. The van der Waals surface area contributed by atoms with E-state index in [0.29, 0.717) is 33.8 Å². The van der Waals surface area contributed by atoms with E-state index in [0.717, 1.165) is 4.47 Å². The summed E-state index contributed by atoms with van der Waals surface area (Å²) >= 11 is 6.71. The summed E-state index contributed by atoms with van der Waals surface area (Å²) in [7, 11) is 1.52. The van der Waals surface area contributed by atoms with Crippen molar-refractivity contribution in [2.45, 2.75) is 6.92 Å². The highest BCUT2D eigenvalue weighted by Gasteiger charge is 2.16. The fourth-order valence-corrected chi connectivity index (χ4v) is 3.17. The van der Waals surface area contributed by atoms with Crippen LogP contribution < -0.4 is 20.1 Å². The number of carbonyl (C=O) groups is 2. The standard InChI is InChI=1S/C18H18Br2N2O4/c1-3-26-15-9-11(8-13(20)17(15)25-2)18(24)21-10-16(23)22-14-7-5-4-6-12(14)19/h4-9H,3,10H2,1-2H3,(H,21,24)(H,22,23). The van der Waals surface area contributed by atoms with Gasteiger partial charge in [-0.1, -0.05) is 12.1 Å². The summed E-state index contributed by atoms with van der Waals surface area (Å²) in [6.07, 6.45) is 0. The van der Waals surface area contributed by atoms with E-state index in [9.17, 15) is 9.59 Å². The Kier molecular flexibility index (Phi) is 7.47. The van der Waals surface area contributed by atoms with Crippen molar-refractivity contribution >= 4 is 49.4 Å². The zero-order valence-electron chi connectivity index (χ0n) is 14.3. The van der Waals surface area contributed by atoms with E-state index < -0.39 is 5.91 Å². The van der Waals surface area contributed by atoms with Gasteiger partial charge >= 0.3 is 0 Å². The zero-order chi connectivity index (χ0) is 19.1. The number of hydrogen-bond donors (Lipinski definition) is 2. The second-order valence-corrected chi connectivity index (χ2v) is 6.84. The van der Waals surface area contributed by atoms with Crippen molar-refractivity contribution in [1.82, 2.24) is 5.32 Å². The Labute approximate surface area is 168 Å². The summed E-state index contributed by atoms with van der Waals surface area (Å²) in [6.45, 7) is 2.11. The fourth-order valence-electron chi connectivity index (χ4n) is 2.18. The lowest BCUT2D eigenvalue weighted by atomic mass is 10.2. The number of carbonyl (C=O) groups excluding carboxylic acids is 2. The Bertz CT molecular complexity index is 812. The van der Waals surface area contributed by atoms with Crippen molar-refractivity contribution in [3.05, 3.63) is 50.9 Å². The Hall–Kier alpha value is -2.06. The first-order valence-electron chi connectivity index (χ1n) is 7.79. The molecule has 0 aliphatic heterocycles. The van der Waals surface area contributed by atoms with E-state index in [-0.39, 0.29) is 12.5 Å². The average Bonchev–Trinajstić information content (AvgIpc) is 2.61. The molecule has 2 N–H and O–H groups in total. The number of halogens is 2. The topological polar surface area (TPSA) is 76.7 Å². The molecule has 138 valence electrons. The number of ether oxygens (including phenoxy) is 2. The molecule has 0 atom stereocenters. The van der Waals surface area contributed by atoms with Gasteiger partial charge in [0.05, 0.1) is 30.4 Å². The van der Waals surface area contributed by atoms with Crippen LogP contribution in [0.25, 0.3) is 0 Å². The van der Waals surface area contributed by atoms with Crippen LogP contribution in [0, 0.1) is 0 Å². The van der Waals surface area contributed by atoms with Gasteiger partial charge in [0, 0.05) is 10.0 Å². The number of benzene rings is 2. The third-order valence-corrected chi connectivity index (χ3v) is 4.61. The van der Waals surface area contributed by atoms with Gasteiger partial charge < -0.3 is 20.1 Å². The van der Waals surface area contributed by atoms with Crippen molar-refractivity contribution < 1.29 is 19.1 Å². The van der Waals surface area contributed by atoms with Crippen LogP contribution in [0.1, 0.15) is 17.3 Å². The molecule has 8 heteroatoms. The molecule has 26 heavy (non-hydrogen) atoms. The molecule has 0 saturated heterocycles. The number of hydrogen-bond acceptors (Lipinski definition) is 4. The molecule has 2 aromatic carbocycles. The molecule has 0 spiro atoms. The molecule has 6 nitrogen and oxygen atoms in total. The summed E-state index contributed by atoms with van der Waals surface area (Å²) in [5.41, 5.74) is 0.993. The summed E-state index contributed by atoms with van der Waals surface area (Å²) in [6, 6.07) is 10.4. The molecule has 0 bridgehead atoms. The van der Waals surface area contributed by atoms with E-state index >= 15 is 0 Å². The van der Waals surface area contributed by atoms with Crippen molar-refractivity contribution in [2.24, 2.45) is 0 Å². The average molecular weight is 486 g/mol. The molecule has 0 radical (unpaired) electrons. The maximum Gasteiger partial charge on any atom is 0.251 e. The molecule has 0 saturated carbocycles. The molecule has 2 aromatic rings. The van der Waals surface area contributed by atoms with Crippen LogP contribution in [0.15, 0.2) is 45.3 Å². The van der Waals surface area contributed by atoms with Crippen LogP contribution in [-0.2, 0) is 4.79 Å². The first-order chi connectivity index (χ1) is 12.5. The molecule has 0 heterocycles. The van der Waals surface area contributed by atoms with Gasteiger partial charge in [0.25, 0.3) is 5.91 Å². The maximum atomic E-state index is 12.4. The Morgan fingerprint density at radius 1 is 1.12 bits per heavy atom. The highest BCUT2D eigenvalue weighted by molar-refractivity contribution is 9.11. The number of para-hydroxylation sites is 1. The first-order valence-corrected chi connectivity index (χ1v) is 9.37. The predicted octanol–water partition coefficient (Wildman–Crippen LogP) is 3.99. The van der Waals surface area contributed by atoms with Gasteiger partial charge in [-0.25, -0.2) is 0 Å². The number of rotatable bonds is 7. The first kappa shape index (κ1) is 20.3. The molecular weight excluding hydrogens is 468 g/mol. The van der Waals surface area contributed by atoms with Gasteiger partial charge in [0.15, 0.2) is 11.5 Å². The van der Waals surface area contributed by atoms with Gasteiger partial charge in [0.2, 0.25) is 5.91 Å². The molecule has 0 unspecified atom stereocenters. The van der Waals surface area contributed by atoms with Crippen LogP contribution in [0.5, 0.6) is 11.5 Å². The van der Waals surface area contributed by atoms with Gasteiger partial charge in [-0.2, -0.15) is 0 Å². The van der Waals surface area contributed by atoms with Crippen molar-refractivity contribution in [3.8, 4) is 11.5 Å².